The Hall–Kier alpha value is -2.11. The molecule has 0 unspecified atom stereocenters. The fraction of sp³-hybridized carbons (Fsp3) is 0.794. The van der Waals surface area contributed by atoms with Gasteiger partial charge in [-0.2, -0.15) is 0 Å². The first kappa shape index (κ1) is 28.0. The maximum absolute atomic E-state index is 14.5. The van der Waals surface area contributed by atoms with Crippen LogP contribution in [-0.2, 0) is 9.59 Å². The highest BCUT2D eigenvalue weighted by Crippen LogP contribution is 2.66. The van der Waals surface area contributed by atoms with Crippen molar-refractivity contribution in [3.63, 3.8) is 0 Å². The van der Waals surface area contributed by atoms with Gasteiger partial charge in [0.05, 0.1) is 0 Å². The van der Waals surface area contributed by atoms with Crippen molar-refractivity contribution in [2.75, 3.05) is 0 Å². The first-order chi connectivity index (χ1) is 19.2. The zero-order valence-electron chi connectivity index (χ0n) is 24.8. The first-order valence-corrected chi connectivity index (χ1v) is 16.5. The summed E-state index contributed by atoms with van der Waals surface area (Å²) in [5.74, 6) is 0.788. The summed E-state index contributed by atoms with van der Waals surface area (Å²) in [4.78, 5) is 41.8. The molecule has 0 heterocycles. The molecule has 0 aromatic carbocycles. The Balaban J connectivity index is 1.23. The van der Waals surface area contributed by atoms with Gasteiger partial charge in [0.25, 0.3) is 0 Å². The fourth-order valence-electron chi connectivity index (χ4n) is 10.3. The molecule has 2 N–H and O–H groups in total. The standard InChI is InChI=1S/C34H50N2O4/c1-33-19-17-22(31(38)39)21-23(33)13-14-26-27-15-16-29(34(27,2)20-18-28(26)33)30(37)36(25-11-7-4-8-12-25)32(40)35-24-9-5-3-6-10-24/h13,21,24-29H,3-12,14-20H2,1-2H3,(H,35,40)(H,38,39)/t26-,27-,28-,29+,33-,34-/m0/s1. The molecule has 0 bridgehead atoms. The Morgan fingerprint density at radius 3 is 2.27 bits per heavy atom. The number of allylic oxidation sites excluding steroid dienone is 3. The summed E-state index contributed by atoms with van der Waals surface area (Å²) >= 11 is 0. The maximum Gasteiger partial charge on any atom is 0.331 e. The molecule has 40 heavy (non-hydrogen) atoms. The summed E-state index contributed by atoms with van der Waals surface area (Å²) in [6.07, 6.45) is 21.8. The van der Waals surface area contributed by atoms with Crippen LogP contribution in [0.5, 0.6) is 0 Å². The molecule has 4 saturated carbocycles. The van der Waals surface area contributed by atoms with Crippen molar-refractivity contribution in [2.45, 2.75) is 135 Å². The Bertz CT molecular complexity index is 1080. The third kappa shape index (κ3) is 4.75. The normalized spacial score (nSPS) is 38.2. The number of carboxylic acids is 1. The number of nitrogens with one attached hydrogen (secondary N) is 1. The minimum Gasteiger partial charge on any atom is -0.478 e. The molecule has 0 aromatic rings. The van der Waals surface area contributed by atoms with Crippen LogP contribution in [0.2, 0.25) is 0 Å². The minimum atomic E-state index is -0.784. The van der Waals surface area contributed by atoms with E-state index in [0.717, 1.165) is 89.9 Å². The number of carboxylic acid groups (broad SMARTS) is 1. The van der Waals surface area contributed by atoms with E-state index >= 15 is 0 Å². The molecule has 0 saturated heterocycles. The van der Waals surface area contributed by atoms with Crippen LogP contribution in [0, 0.1) is 34.5 Å². The van der Waals surface area contributed by atoms with Gasteiger partial charge in [0.1, 0.15) is 0 Å². The van der Waals surface area contributed by atoms with Gasteiger partial charge in [-0.1, -0.05) is 58.4 Å². The fourth-order valence-corrected chi connectivity index (χ4v) is 10.3. The highest BCUT2D eigenvalue weighted by atomic mass is 16.4. The number of urea groups is 1. The highest BCUT2D eigenvalue weighted by molar-refractivity contribution is 5.96. The molecule has 6 aliphatic carbocycles. The van der Waals surface area contributed by atoms with Crippen molar-refractivity contribution < 1.29 is 19.5 Å². The summed E-state index contributed by atoms with van der Waals surface area (Å²) in [7, 11) is 0. The smallest absolute Gasteiger partial charge is 0.331 e. The van der Waals surface area contributed by atoms with Gasteiger partial charge in [-0.3, -0.25) is 9.69 Å². The molecule has 3 amide bonds. The number of imide groups is 1. The second-order valence-electron chi connectivity index (χ2n) is 14.6. The summed E-state index contributed by atoms with van der Waals surface area (Å²) in [6, 6.07) is 0.128. The number of rotatable bonds is 4. The lowest BCUT2D eigenvalue weighted by Crippen LogP contribution is -2.57. The van der Waals surface area contributed by atoms with Crippen molar-refractivity contribution in [2.24, 2.45) is 34.5 Å². The van der Waals surface area contributed by atoms with Gasteiger partial charge in [-0.25, -0.2) is 9.59 Å². The number of nitrogens with zero attached hydrogens (tertiary/aromatic N) is 1. The van der Waals surface area contributed by atoms with Gasteiger partial charge in [-0.15, -0.1) is 0 Å². The topological polar surface area (TPSA) is 86.7 Å². The Morgan fingerprint density at radius 2 is 1.57 bits per heavy atom. The van der Waals surface area contributed by atoms with E-state index in [-0.39, 0.29) is 40.8 Å². The summed E-state index contributed by atoms with van der Waals surface area (Å²) in [5.41, 5.74) is 1.73. The molecule has 6 aliphatic rings. The van der Waals surface area contributed by atoms with Crippen molar-refractivity contribution >= 4 is 17.9 Å². The highest BCUT2D eigenvalue weighted by Gasteiger charge is 2.60. The van der Waals surface area contributed by atoms with E-state index in [1.165, 1.54) is 18.4 Å². The van der Waals surface area contributed by atoms with Crippen LogP contribution in [0.4, 0.5) is 4.79 Å². The number of fused-ring (bicyclic) bond motifs is 5. The molecule has 6 heteroatoms. The van der Waals surface area contributed by atoms with E-state index < -0.39 is 5.97 Å². The van der Waals surface area contributed by atoms with Crippen molar-refractivity contribution in [1.29, 1.82) is 0 Å². The number of hydrogen-bond acceptors (Lipinski definition) is 3. The average molecular weight is 551 g/mol. The van der Waals surface area contributed by atoms with Crippen molar-refractivity contribution in [1.82, 2.24) is 10.2 Å². The van der Waals surface area contributed by atoms with Gasteiger partial charge in [0.2, 0.25) is 5.91 Å². The minimum absolute atomic E-state index is 0.0271. The molecule has 6 rings (SSSR count). The SMILES string of the molecule is C[C@]12CC[C@H]3[C@@H](CC=C4C=C(C(=O)O)CC[C@@]43C)[C@@H]1CC[C@@H]2C(=O)N(C(=O)NC1CCCCC1)C1CCCCC1. The molecular weight excluding hydrogens is 500 g/mol. The van der Waals surface area contributed by atoms with Gasteiger partial charge in [0, 0.05) is 23.6 Å². The second-order valence-corrected chi connectivity index (χ2v) is 14.6. The number of hydrogen-bond donors (Lipinski definition) is 2. The molecule has 0 aliphatic heterocycles. The van der Waals surface area contributed by atoms with E-state index in [2.05, 4.69) is 25.2 Å². The molecule has 0 radical (unpaired) electrons. The zero-order chi connectivity index (χ0) is 28.1. The largest absolute Gasteiger partial charge is 0.478 e. The third-order valence-corrected chi connectivity index (χ3v) is 12.7. The molecule has 6 atom stereocenters. The van der Waals surface area contributed by atoms with E-state index in [1.807, 2.05) is 6.08 Å². The Morgan fingerprint density at radius 1 is 0.875 bits per heavy atom. The van der Waals surface area contributed by atoms with Crippen LogP contribution in [-0.4, -0.2) is 40.0 Å². The quantitative estimate of drug-likeness (QED) is 0.382. The van der Waals surface area contributed by atoms with Crippen LogP contribution in [0.15, 0.2) is 23.3 Å². The molecule has 0 spiro atoms. The predicted octanol–water partition coefficient (Wildman–Crippen LogP) is 7.39. The van der Waals surface area contributed by atoms with Gasteiger partial charge < -0.3 is 10.4 Å². The summed E-state index contributed by atoms with van der Waals surface area (Å²) < 4.78 is 0. The van der Waals surface area contributed by atoms with Crippen LogP contribution in [0.3, 0.4) is 0 Å². The predicted molar refractivity (Wildman–Crippen MR) is 155 cm³/mol. The summed E-state index contributed by atoms with van der Waals surface area (Å²) in [5, 5.41) is 12.9. The van der Waals surface area contributed by atoms with E-state index in [9.17, 15) is 19.5 Å². The van der Waals surface area contributed by atoms with Gasteiger partial charge in [0.15, 0.2) is 0 Å². The lowest BCUT2D eigenvalue weighted by atomic mass is 9.48. The van der Waals surface area contributed by atoms with E-state index in [4.69, 9.17) is 0 Å². The zero-order valence-corrected chi connectivity index (χ0v) is 24.8. The molecular formula is C34H50N2O4. The van der Waals surface area contributed by atoms with E-state index in [0.29, 0.717) is 29.7 Å². The van der Waals surface area contributed by atoms with Gasteiger partial charge >= 0.3 is 12.0 Å². The molecule has 220 valence electrons. The number of aliphatic carboxylic acids is 1. The number of carbonyl (C=O) groups is 3. The van der Waals surface area contributed by atoms with Crippen LogP contribution in [0.25, 0.3) is 0 Å². The molecule has 6 nitrogen and oxygen atoms in total. The first-order valence-electron chi connectivity index (χ1n) is 16.5. The third-order valence-electron chi connectivity index (χ3n) is 12.7. The summed E-state index contributed by atoms with van der Waals surface area (Å²) in [6.45, 7) is 4.73. The lowest BCUT2D eigenvalue weighted by Gasteiger charge is -2.57. The van der Waals surface area contributed by atoms with Crippen LogP contribution >= 0.6 is 0 Å². The van der Waals surface area contributed by atoms with Crippen LogP contribution < -0.4 is 5.32 Å². The molecule has 0 aromatic heterocycles. The lowest BCUT2D eigenvalue weighted by molar-refractivity contribution is -0.141. The van der Waals surface area contributed by atoms with Gasteiger partial charge in [-0.05, 0) is 111 Å². The second kappa shape index (κ2) is 10.9. The van der Waals surface area contributed by atoms with E-state index in [1.54, 1.807) is 4.90 Å². The maximum atomic E-state index is 14.5. The number of carbonyl (C=O) groups excluding carboxylic acids is 2. The molecule has 4 fully saturated rings. The monoisotopic (exact) mass is 550 g/mol. The average Bonchev–Trinajstić information content (AvgIpc) is 3.31. The van der Waals surface area contributed by atoms with Crippen LogP contribution in [0.1, 0.15) is 123 Å². The Labute approximate surface area is 240 Å². The number of amides is 3. The van der Waals surface area contributed by atoms with Crippen molar-refractivity contribution in [3.8, 4) is 0 Å². The Kier molecular flexibility index (Phi) is 7.67. The van der Waals surface area contributed by atoms with Crippen molar-refractivity contribution in [3.05, 3.63) is 23.3 Å².